The lowest BCUT2D eigenvalue weighted by molar-refractivity contribution is 0.264. The fourth-order valence-electron chi connectivity index (χ4n) is 2.84. The molecule has 17 heavy (non-hydrogen) atoms. The maximum Gasteiger partial charge on any atom is 0.0468 e. The van der Waals surface area contributed by atoms with E-state index in [2.05, 4.69) is 36.4 Å². The van der Waals surface area contributed by atoms with E-state index < -0.39 is 0 Å². The predicted molar refractivity (Wildman–Crippen MR) is 69.9 cm³/mol. The van der Waals surface area contributed by atoms with Crippen LogP contribution in [0.2, 0.25) is 0 Å². The second-order valence-electron chi connectivity index (χ2n) is 5.01. The Kier molecular flexibility index (Phi) is 2.42. The number of aliphatic hydroxyl groups excluding tert-OH is 1. The largest absolute Gasteiger partial charge is 0.396 e. The molecular weight excluding hydrogens is 210 g/mol. The summed E-state index contributed by atoms with van der Waals surface area (Å²) in [6, 6.07) is 14.9. The lowest BCUT2D eigenvalue weighted by Gasteiger charge is -2.15. The molecule has 1 saturated carbocycles. The number of rotatable bonds is 3. The van der Waals surface area contributed by atoms with Gasteiger partial charge >= 0.3 is 0 Å². The average molecular weight is 227 g/mol. The van der Waals surface area contributed by atoms with Crippen LogP contribution >= 0.6 is 0 Å². The van der Waals surface area contributed by atoms with Gasteiger partial charge in [-0.15, -0.1) is 0 Å². The molecule has 3 rings (SSSR count). The molecule has 0 radical (unpaired) electrons. The molecule has 88 valence electrons. The van der Waals surface area contributed by atoms with E-state index in [1.807, 2.05) is 6.07 Å². The van der Waals surface area contributed by atoms with Gasteiger partial charge in [0.15, 0.2) is 0 Å². The SMILES string of the molecule is NCC1(c2ccc3ccccc3c2)CC1CO. The van der Waals surface area contributed by atoms with Gasteiger partial charge in [0.2, 0.25) is 0 Å². The van der Waals surface area contributed by atoms with Crippen molar-refractivity contribution < 1.29 is 5.11 Å². The van der Waals surface area contributed by atoms with E-state index in [1.54, 1.807) is 0 Å². The Bertz CT molecular complexity index is 551. The Morgan fingerprint density at radius 2 is 1.94 bits per heavy atom. The van der Waals surface area contributed by atoms with Gasteiger partial charge < -0.3 is 10.8 Å². The van der Waals surface area contributed by atoms with Crippen LogP contribution in [-0.4, -0.2) is 18.3 Å². The summed E-state index contributed by atoms with van der Waals surface area (Å²) in [6.45, 7) is 0.862. The fraction of sp³-hybridized carbons (Fsp3) is 0.333. The number of hydrogen-bond acceptors (Lipinski definition) is 2. The molecule has 2 aromatic rings. The normalized spacial score (nSPS) is 27.3. The van der Waals surface area contributed by atoms with Crippen molar-refractivity contribution >= 4 is 10.8 Å². The van der Waals surface area contributed by atoms with Crippen LogP contribution in [0.4, 0.5) is 0 Å². The molecule has 0 spiro atoms. The molecule has 1 fully saturated rings. The van der Waals surface area contributed by atoms with Crippen LogP contribution in [0.1, 0.15) is 12.0 Å². The summed E-state index contributed by atoms with van der Waals surface area (Å²) in [5.74, 6) is 0.341. The smallest absolute Gasteiger partial charge is 0.0468 e. The summed E-state index contributed by atoms with van der Waals surface area (Å²) in [7, 11) is 0. The average Bonchev–Trinajstić information content (AvgIpc) is 3.13. The van der Waals surface area contributed by atoms with E-state index in [4.69, 9.17) is 5.73 Å². The highest BCUT2D eigenvalue weighted by Gasteiger charge is 2.53. The zero-order valence-electron chi connectivity index (χ0n) is 9.76. The molecule has 2 unspecified atom stereocenters. The molecule has 2 heteroatoms. The molecule has 0 bridgehead atoms. The van der Waals surface area contributed by atoms with Crippen LogP contribution in [0.3, 0.4) is 0 Å². The van der Waals surface area contributed by atoms with Crippen molar-refractivity contribution in [1.29, 1.82) is 0 Å². The first-order valence-electron chi connectivity index (χ1n) is 6.10. The van der Waals surface area contributed by atoms with Gasteiger partial charge in [-0.2, -0.15) is 0 Å². The van der Waals surface area contributed by atoms with Crippen molar-refractivity contribution in [3.05, 3.63) is 48.0 Å². The molecule has 0 aliphatic heterocycles. The van der Waals surface area contributed by atoms with Gasteiger partial charge in [-0.05, 0) is 28.7 Å². The maximum atomic E-state index is 9.29. The third kappa shape index (κ3) is 1.56. The Morgan fingerprint density at radius 3 is 2.59 bits per heavy atom. The third-order valence-electron chi connectivity index (χ3n) is 4.14. The minimum atomic E-state index is 0.0266. The zero-order chi connectivity index (χ0) is 11.9. The third-order valence-corrected chi connectivity index (χ3v) is 4.14. The van der Waals surface area contributed by atoms with Gasteiger partial charge in [0.25, 0.3) is 0 Å². The fourth-order valence-corrected chi connectivity index (χ4v) is 2.84. The van der Waals surface area contributed by atoms with Crippen LogP contribution in [0.15, 0.2) is 42.5 Å². The van der Waals surface area contributed by atoms with Gasteiger partial charge in [0.05, 0.1) is 0 Å². The number of nitrogens with two attached hydrogens (primary N) is 1. The van der Waals surface area contributed by atoms with Crippen molar-refractivity contribution in [1.82, 2.24) is 0 Å². The minimum Gasteiger partial charge on any atom is -0.396 e. The molecule has 2 atom stereocenters. The summed E-state index contributed by atoms with van der Waals surface area (Å²) in [4.78, 5) is 0. The molecule has 2 aromatic carbocycles. The number of fused-ring (bicyclic) bond motifs is 1. The summed E-state index contributed by atoms with van der Waals surface area (Å²) >= 11 is 0. The van der Waals surface area contributed by atoms with Crippen LogP contribution in [-0.2, 0) is 5.41 Å². The quantitative estimate of drug-likeness (QED) is 0.843. The summed E-state index contributed by atoms with van der Waals surface area (Å²) in [5.41, 5.74) is 7.20. The molecule has 0 heterocycles. The summed E-state index contributed by atoms with van der Waals surface area (Å²) in [6.07, 6.45) is 1.01. The molecule has 0 saturated heterocycles. The lowest BCUT2D eigenvalue weighted by atomic mass is 9.91. The van der Waals surface area contributed by atoms with Crippen LogP contribution < -0.4 is 5.73 Å². The van der Waals surface area contributed by atoms with E-state index >= 15 is 0 Å². The van der Waals surface area contributed by atoms with Gasteiger partial charge in [-0.1, -0.05) is 42.5 Å². The van der Waals surface area contributed by atoms with Gasteiger partial charge in [-0.25, -0.2) is 0 Å². The minimum absolute atomic E-state index is 0.0266. The molecule has 2 nitrogen and oxygen atoms in total. The van der Waals surface area contributed by atoms with Gasteiger partial charge in [-0.3, -0.25) is 0 Å². The van der Waals surface area contributed by atoms with E-state index in [1.165, 1.54) is 16.3 Å². The Morgan fingerprint density at radius 1 is 1.18 bits per heavy atom. The zero-order valence-corrected chi connectivity index (χ0v) is 9.76. The molecule has 0 amide bonds. The molecule has 3 N–H and O–H groups in total. The number of hydrogen-bond donors (Lipinski definition) is 2. The van der Waals surface area contributed by atoms with Crippen molar-refractivity contribution in [2.45, 2.75) is 11.8 Å². The first kappa shape index (κ1) is 10.8. The van der Waals surface area contributed by atoms with Crippen LogP contribution in [0, 0.1) is 5.92 Å². The standard InChI is InChI=1S/C15H17NO/c16-10-15(8-14(15)9-17)13-6-5-11-3-1-2-4-12(11)7-13/h1-7,14,17H,8-10,16H2. The van der Waals surface area contributed by atoms with Gasteiger partial charge in [0, 0.05) is 18.6 Å². The van der Waals surface area contributed by atoms with Crippen molar-refractivity contribution in [2.75, 3.05) is 13.2 Å². The first-order chi connectivity index (χ1) is 8.30. The number of aliphatic hydroxyl groups is 1. The topological polar surface area (TPSA) is 46.2 Å². The predicted octanol–water partition coefficient (Wildman–Crippen LogP) is 2.05. The first-order valence-corrected chi connectivity index (χ1v) is 6.10. The molecule has 1 aliphatic carbocycles. The van der Waals surface area contributed by atoms with Crippen molar-refractivity contribution in [2.24, 2.45) is 11.7 Å². The molecular formula is C15H17NO. The van der Waals surface area contributed by atoms with Gasteiger partial charge in [0.1, 0.15) is 0 Å². The van der Waals surface area contributed by atoms with E-state index in [9.17, 15) is 5.11 Å². The number of benzene rings is 2. The summed E-state index contributed by atoms with van der Waals surface area (Å²) in [5, 5.41) is 11.8. The Balaban J connectivity index is 2.07. The van der Waals surface area contributed by atoms with E-state index in [0.717, 1.165) is 6.42 Å². The highest BCUT2D eigenvalue weighted by molar-refractivity contribution is 5.83. The Labute approximate surface area is 101 Å². The molecule has 0 aromatic heterocycles. The van der Waals surface area contributed by atoms with E-state index in [0.29, 0.717) is 12.5 Å². The van der Waals surface area contributed by atoms with E-state index in [-0.39, 0.29) is 12.0 Å². The molecule has 1 aliphatic rings. The highest BCUT2D eigenvalue weighted by atomic mass is 16.3. The lowest BCUT2D eigenvalue weighted by Crippen LogP contribution is -2.23. The second kappa shape index (κ2) is 3.83. The Hall–Kier alpha value is -1.38. The van der Waals surface area contributed by atoms with Crippen molar-refractivity contribution in [3.63, 3.8) is 0 Å². The summed E-state index contributed by atoms with van der Waals surface area (Å²) < 4.78 is 0. The van der Waals surface area contributed by atoms with Crippen LogP contribution in [0.25, 0.3) is 10.8 Å². The van der Waals surface area contributed by atoms with Crippen LogP contribution in [0.5, 0.6) is 0 Å². The maximum absolute atomic E-state index is 9.29. The van der Waals surface area contributed by atoms with Crippen molar-refractivity contribution in [3.8, 4) is 0 Å². The highest BCUT2D eigenvalue weighted by Crippen LogP contribution is 2.53. The second-order valence-corrected chi connectivity index (χ2v) is 5.01. The monoisotopic (exact) mass is 227 g/mol.